The number of carbonyl (C=O) groups excluding carboxylic acids is 1. The fraction of sp³-hybridized carbons (Fsp3) is 0.690. The molecule has 4 aliphatic rings. The van der Waals surface area contributed by atoms with Crippen molar-refractivity contribution in [3.05, 3.63) is 35.4 Å². The summed E-state index contributed by atoms with van der Waals surface area (Å²) in [5.74, 6) is 10.4. The Morgan fingerprint density at radius 2 is 1.75 bits per heavy atom. The Kier molecular flexibility index (Phi) is 5.75. The van der Waals surface area contributed by atoms with Crippen LogP contribution in [0.5, 0.6) is 0 Å². The number of fused-ring (bicyclic) bond motifs is 5. The predicted molar refractivity (Wildman–Crippen MR) is 126 cm³/mol. The van der Waals surface area contributed by atoms with Crippen molar-refractivity contribution >= 4 is 5.78 Å². The fourth-order valence-electron chi connectivity index (χ4n) is 8.31. The maximum atomic E-state index is 11.5. The molecule has 1 aromatic rings. The van der Waals surface area contributed by atoms with Crippen LogP contribution in [0.2, 0.25) is 0 Å². The molecule has 5 rings (SSSR count). The summed E-state index contributed by atoms with van der Waals surface area (Å²) in [7, 11) is 1.90. The quantitative estimate of drug-likeness (QED) is 0.484. The van der Waals surface area contributed by atoms with E-state index in [9.17, 15) is 9.90 Å². The Labute approximate surface area is 193 Å². The minimum atomic E-state index is -0.870. The molecule has 0 spiro atoms. The van der Waals surface area contributed by atoms with Crippen LogP contribution in [0.15, 0.2) is 24.3 Å². The number of ether oxygens (including phenoxy) is 1. The summed E-state index contributed by atoms with van der Waals surface area (Å²) in [6.45, 7) is 4.07. The van der Waals surface area contributed by atoms with Crippen LogP contribution < -0.4 is 0 Å². The van der Waals surface area contributed by atoms with E-state index < -0.39 is 5.60 Å². The molecular formula is C29H38O3. The molecule has 1 N–H and O–H groups in total. The molecule has 0 aromatic heterocycles. The lowest BCUT2D eigenvalue weighted by Crippen LogP contribution is -2.51. The number of hydrogen-bond acceptors (Lipinski definition) is 3. The maximum absolute atomic E-state index is 11.5. The molecular weight excluding hydrogens is 396 g/mol. The van der Waals surface area contributed by atoms with Gasteiger partial charge in [0, 0.05) is 18.2 Å². The summed E-state index contributed by atoms with van der Waals surface area (Å²) in [4.78, 5) is 11.5. The molecule has 0 saturated heterocycles. The van der Waals surface area contributed by atoms with Gasteiger partial charge in [-0.3, -0.25) is 4.79 Å². The Bertz CT molecular complexity index is 924. The Morgan fingerprint density at radius 3 is 2.47 bits per heavy atom. The topological polar surface area (TPSA) is 46.5 Å². The van der Waals surface area contributed by atoms with E-state index in [2.05, 4.69) is 18.8 Å². The van der Waals surface area contributed by atoms with Crippen molar-refractivity contribution in [1.29, 1.82) is 0 Å². The summed E-state index contributed by atoms with van der Waals surface area (Å²) in [6.07, 6.45) is 10.9. The number of benzene rings is 1. The van der Waals surface area contributed by atoms with Gasteiger partial charge in [0.05, 0.1) is 6.10 Å². The van der Waals surface area contributed by atoms with Gasteiger partial charge in [-0.2, -0.15) is 0 Å². The van der Waals surface area contributed by atoms with E-state index in [0.717, 1.165) is 48.5 Å². The third-order valence-corrected chi connectivity index (χ3v) is 9.94. The largest absolute Gasteiger partial charge is 0.381 e. The number of hydrogen-bond donors (Lipinski definition) is 1. The van der Waals surface area contributed by atoms with Crippen molar-refractivity contribution in [2.75, 3.05) is 7.11 Å². The van der Waals surface area contributed by atoms with Gasteiger partial charge in [0.1, 0.15) is 5.60 Å². The second-order valence-corrected chi connectivity index (χ2v) is 11.4. The highest BCUT2D eigenvalue weighted by Crippen LogP contribution is 2.63. The fourth-order valence-corrected chi connectivity index (χ4v) is 8.31. The van der Waals surface area contributed by atoms with Gasteiger partial charge in [0.15, 0.2) is 5.78 Å². The van der Waals surface area contributed by atoms with Crippen molar-refractivity contribution in [2.24, 2.45) is 35.0 Å². The highest BCUT2D eigenvalue weighted by atomic mass is 16.5. The highest BCUT2D eigenvalue weighted by Gasteiger charge is 2.57. The Hall–Kier alpha value is -1.63. The van der Waals surface area contributed by atoms with Crippen LogP contribution in [0.3, 0.4) is 0 Å². The lowest BCUT2D eigenvalue weighted by Gasteiger charge is -2.56. The zero-order valence-electron chi connectivity index (χ0n) is 19.9. The Morgan fingerprint density at radius 1 is 1.00 bits per heavy atom. The van der Waals surface area contributed by atoms with Crippen molar-refractivity contribution in [3.63, 3.8) is 0 Å². The SMILES string of the molecule is CO[C@H]1CC[C@H]2[C@@H]3CC[C@@H]4C[C@@](O)(C#Cc5ccc(C(C)=O)cc5)CC[C@@H]4[C@H]3CC[C@]12C. The summed E-state index contributed by atoms with van der Waals surface area (Å²) in [5.41, 5.74) is 1.08. The average molecular weight is 435 g/mol. The number of rotatable bonds is 2. The van der Waals surface area contributed by atoms with Crippen LogP contribution in [0.4, 0.5) is 0 Å². The van der Waals surface area contributed by atoms with E-state index in [1.165, 1.54) is 38.5 Å². The standard InChI is InChI=1S/C29H38O3/c1-19(30)21-6-4-20(5-7-21)12-16-29(31)17-14-23-22(18-29)8-9-25-24(23)13-15-28(2)26(25)10-11-27(28)32-3/h4-7,22-27,31H,8-11,13-15,17-18H2,1-3H3/t22-,23+,24-,25-,26+,27+,28+,29-/m1/s1. The third-order valence-electron chi connectivity index (χ3n) is 9.94. The van der Waals surface area contributed by atoms with E-state index in [4.69, 9.17) is 4.74 Å². The molecule has 1 aromatic carbocycles. The average Bonchev–Trinajstić information content (AvgIpc) is 3.14. The van der Waals surface area contributed by atoms with Gasteiger partial charge in [0.25, 0.3) is 0 Å². The molecule has 172 valence electrons. The van der Waals surface area contributed by atoms with Crippen molar-refractivity contribution in [2.45, 2.75) is 83.3 Å². The molecule has 4 saturated carbocycles. The van der Waals surface area contributed by atoms with E-state index in [1.54, 1.807) is 6.92 Å². The number of Topliss-reactive ketones (excluding diaryl/α,β-unsaturated/α-hetero) is 1. The highest BCUT2D eigenvalue weighted by molar-refractivity contribution is 5.94. The molecule has 3 nitrogen and oxygen atoms in total. The van der Waals surface area contributed by atoms with Gasteiger partial charge in [-0.05, 0) is 112 Å². The molecule has 32 heavy (non-hydrogen) atoms. The molecule has 0 unspecified atom stereocenters. The first kappa shape index (κ1) is 22.2. The smallest absolute Gasteiger partial charge is 0.159 e. The number of aliphatic hydroxyl groups is 1. The third kappa shape index (κ3) is 3.74. The summed E-state index contributed by atoms with van der Waals surface area (Å²) >= 11 is 0. The van der Waals surface area contributed by atoms with Gasteiger partial charge in [-0.1, -0.05) is 30.9 Å². The molecule has 8 atom stereocenters. The van der Waals surface area contributed by atoms with Crippen molar-refractivity contribution < 1.29 is 14.6 Å². The van der Waals surface area contributed by atoms with Gasteiger partial charge in [-0.25, -0.2) is 0 Å². The van der Waals surface area contributed by atoms with Crippen LogP contribution in [-0.4, -0.2) is 29.7 Å². The molecule has 4 fully saturated rings. The van der Waals surface area contributed by atoms with E-state index in [-0.39, 0.29) is 5.78 Å². The molecule has 0 heterocycles. The Balaban J connectivity index is 1.27. The number of carbonyl (C=O) groups is 1. The molecule has 0 amide bonds. The van der Waals surface area contributed by atoms with Crippen LogP contribution in [-0.2, 0) is 4.74 Å². The number of methoxy groups -OCH3 is 1. The second kappa shape index (κ2) is 8.30. The molecule has 3 heteroatoms. The van der Waals surface area contributed by atoms with Crippen LogP contribution >= 0.6 is 0 Å². The monoisotopic (exact) mass is 434 g/mol. The van der Waals surface area contributed by atoms with E-state index >= 15 is 0 Å². The van der Waals surface area contributed by atoms with Crippen molar-refractivity contribution in [3.8, 4) is 11.8 Å². The number of ketones is 1. The summed E-state index contributed by atoms with van der Waals surface area (Å²) < 4.78 is 5.91. The van der Waals surface area contributed by atoms with E-state index in [0.29, 0.717) is 23.0 Å². The van der Waals surface area contributed by atoms with Gasteiger partial charge < -0.3 is 9.84 Å². The molecule has 4 aliphatic carbocycles. The minimum Gasteiger partial charge on any atom is -0.381 e. The zero-order valence-corrected chi connectivity index (χ0v) is 19.9. The summed E-state index contributed by atoms with van der Waals surface area (Å²) in [6, 6.07) is 7.42. The normalized spacial score (nSPS) is 42.8. The van der Waals surface area contributed by atoms with Gasteiger partial charge in [0.2, 0.25) is 0 Å². The van der Waals surface area contributed by atoms with Gasteiger partial charge in [-0.15, -0.1) is 0 Å². The first-order chi connectivity index (χ1) is 15.3. The molecule has 0 radical (unpaired) electrons. The lowest BCUT2D eigenvalue weighted by atomic mass is 9.49. The minimum absolute atomic E-state index is 0.0652. The van der Waals surface area contributed by atoms with Crippen LogP contribution in [0.25, 0.3) is 0 Å². The van der Waals surface area contributed by atoms with Gasteiger partial charge >= 0.3 is 0 Å². The van der Waals surface area contributed by atoms with Crippen molar-refractivity contribution in [1.82, 2.24) is 0 Å². The first-order valence-corrected chi connectivity index (χ1v) is 12.7. The lowest BCUT2D eigenvalue weighted by molar-refractivity contribution is -0.106. The molecule has 0 bridgehead atoms. The zero-order chi connectivity index (χ0) is 22.5. The second-order valence-electron chi connectivity index (χ2n) is 11.4. The first-order valence-electron chi connectivity index (χ1n) is 12.7. The van der Waals surface area contributed by atoms with E-state index in [1.807, 2.05) is 31.4 Å². The molecule has 0 aliphatic heterocycles. The van der Waals surface area contributed by atoms with Crippen LogP contribution in [0.1, 0.15) is 87.6 Å². The predicted octanol–water partition coefficient (Wildman–Crippen LogP) is 5.64. The summed E-state index contributed by atoms with van der Waals surface area (Å²) in [5, 5.41) is 11.3. The van der Waals surface area contributed by atoms with Crippen LogP contribution in [0, 0.1) is 46.8 Å². The maximum Gasteiger partial charge on any atom is 0.159 e.